The molecule has 0 aliphatic carbocycles. The average molecular weight is 373 g/mol. The van der Waals surface area contributed by atoms with Gasteiger partial charge in [0.05, 0.1) is 35.5 Å². The normalized spacial score (nSPS) is 15.7. The molecular formula is C21H27NO5. The van der Waals surface area contributed by atoms with Crippen molar-refractivity contribution in [3.05, 3.63) is 41.0 Å². The zero-order valence-corrected chi connectivity index (χ0v) is 16.5. The molecule has 0 saturated carbocycles. The van der Waals surface area contributed by atoms with E-state index in [1.807, 2.05) is 12.1 Å². The fourth-order valence-electron chi connectivity index (χ4n) is 3.69. The van der Waals surface area contributed by atoms with Crippen LogP contribution in [0.5, 0.6) is 28.7 Å². The summed E-state index contributed by atoms with van der Waals surface area (Å²) in [5, 5.41) is 3.61. The molecule has 0 radical (unpaired) electrons. The first kappa shape index (κ1) is 19.2. The summed E-state index contributed by atoms with van der Waals surface area (Å²) < 4.78 is 27.5. The summed E-state index contributed by atoms with van der Waals surface area (Å²) in [5.41, 5.74) is 3.54. The summed E-state index contributed by atoms with van der Waals surface area (Å²) in [4.78, 5) is 0. The van der Waals surface area contributed by atoms with Crippen molar-refractivity contribution < 1.29 is 23.7 Å². The number of benzene rings is 2. The maximum Gasteiger partial charge on any atom is 0.203 e. The molecule has 0 bridgehead atoms. The molecule has 1 unspecified atom stereocenters. The average Bonchev–Trinajstić information content (AvgIpc) is 2.72. The predicted molar refractivity (Wildman–Crippen MR) is 104 cm³/mol. The van der Waals surface area contributed by atoms with Crippen LogP contribution in [0.3, 0.4) is 0 Å². The second kappa shape index (κ2) is 8.39. The summed E-state index contributed by atoms with van der Waals surface area (Å²) in [6.07, 6.45) is 1.71. The molecule has 1 N–H and O–H groups in total. The van der Waals surface area contributed by atoms with Crippen LogP contribution >= 0.6 is 0 Å². The molecule has 1 atom stereocenters. The number of hydrogen-bond donors (Lipinski definition) is 1. The van der Waals surface area contributed by atoms with E-state index in [2.05, 4.69) is 17.4 Å². The van der Waals surface area contributed by atoms with Crippen LogP contribution in [0.2, 0.25) is 0 Å². The van der Waals surface area contributed by atoms with E-state index in [-0.39, 0.29) is 6.04 Å². The van der Waals surface area contributed by atoms with E-state index in [1.54, 1.807) is 35.5 Å². The van der Waals surface area contributed by atoms with Gasteiger partial charge in [-0.2, -0.15) is 0 Å². The number of rotatable bonds is 7. The molecular weight excluding hydrogens is 346 g/mol. The molecule has 6 heteroatoms. The Hall–Kier alpha value is -2.60. The highest BCUT2D eigenvalue weighted by Crippen LogP contribution is 2.42. The first-order chi connectivity index (χ1) is 13.2. The second-order valence-corrected chi connectivity index (χ2v) is 6.36. The largest absolute Gasteiger partial charge is 0.493 e. The minimum Gasteiger partial charge on any atom is -0.493 e. The van der Waals surface area contributed by atoms with Gasteiger partial charge < -0.3 is 29.0 Å². The number of fused-ring (bicyclic) bond motifs is 1. The molecule has 1 aliphatic heterocycles. The Morgan fingerprint density at radius 1 is 0.815 bits per heavy atom. The predicted octanol–water partition coefficient (Wildman–Crippen LogP) is 3.16. The van der Waals surface area contributed by atoms with Crippen molar-refractivity contribution in [2.24, 2.45) is 0 Å². The lowest BCUT2D eigenvalue weighted by Gasteiger charge is -2.29. The fourth-order valence-corrected chi connectivity index (χ4v) is 3.69. The van der Waals surface area contributed by atoms with Crippen molar-refractivity contribution >= 4 is 0 Å². The molecule has 27 heavy (non-hydrogen) atoms. The smallest absolute Gasteiger partial charge is 0.203 e. The molecule has 1 aliphatic rings. The van der Waals surface area contributed by atoms with Gasteiger partial charge in [-0.3, -0.25) is 0 Å². The van der Waals surface area contributed by atoms with Gasteiger partial charge >= 0.3 is 0 Å². The Kier molecular flexibility index (Phi) is 5.96. The van der Waals surface area contributed by atoms with Gasteiger partial charge in [0.2, 0.25) is 5.75 Å². The molecule has 0 saturated heterocycles. The van der Waals surface area contributed by atoms with Gasteiger partial charge in [0.25, 0.3) is 0 Å². The van der Waals surface area contributed by atoms with Gasteiger partial charge in [0.1, 0.15) is 0 Å². The topological polar surface area (TPSA) is 58.2 Å². The third-order valence-electron chi connectivity index (χ3n) is 5.02. The van der Waals surface area contributed by atoms with E-state index < -0.39 is 0 Å². The van der Waals surface area contributed by atoms with Crippen LogP contribution in [0.15, 0.2) is 24.3 Å². The first-order valence-electron chi connectivity index (χ1n) is 8.92. The molecule has 0 spiro atoms. The number of methoxy groups -OCH3 is 5. The van der Waals surface area contributed by atoms with Crippen LogP contribution in [0.4, 0.5) is 0 Å². The summed E-state index contributed by atoms with van der Waals surface area (Å²) in [7, 11) is 8.21. The molecule has 146 valence electrons. The lowest BCUT2D eigenvalue weighted by atomic mass is 9.89. The molecule has 2 aromatic rings. The van der Waals surface area contributed by atoms with Gasteiger partial charge in [-0.05, 0) is 48.7 Å². The van der Waals surface area contributed by atoms with Crippen molar-refractivity contribution in [3.63, 3.8) is 0 Å². The SMILES string of the molecule is COc1cc2c(cc1OC)C(Cc1ccc(OC)c(OC)c1OC)NCC2. The van der Waals surface area contributed by atoms with E-state index in [9.17, 15) is 0 Å². The Balaban J connectivity index is 1.99. The van der Waals surface area contributed by atoms with Crippen LogP contribution in [0.25, 0.3) is 0 Å². The highest BCUT2D eigenvalue weighted by atomic mass is 16.5. The van der Waals surface area contributed by atoms with E-state index in [0.29, 0.717) is 17.2 Å². The van der Waals surface area contributed by atoms with Crippen LogP contribution in [0.1, 0.15) is 22.7 Å². The lowest BCUT2D eigenvalue weighted by Crippen LogP contribution is -2.31. The van der Waals surface area contributed by atoms with Crippen LogP contribution in [0, 0.1) is 0 Å². The fraction of sp³-hybridized carbons (Fsp3) is 0.429. The summed E-state index contributed by atoms with van der Waals surface area (Å²) in [5.74, 6) is 3.47. The summed E-state index contributed by atoms with van der Waals surface area (Å²) in [6.45, 7) is 0.906. The molecule has 3 rings (SSSR count). The highest BCUT2D eigenvalue weighted by Gasteiger charge is 2.25. The maximum absolute atomic E-state index is 5.64. The number of ether oxygens (including phenoxy) is 5. The van der Waals surface area contributed by atoms with Crippen LogP contribution in [-0.4, -0.2) is 42.1 Å². The van der Waals surface area contributed by atoms with Crippen LogP contribution in [-0.2, 0) is 12.8 Å². The molecule has 2 aromatic carbocycles. The van der Waals surface area contributed by atoms with Gasteiger partial charge in [-0.15, -0.1) is 0 Å². The van der Waals surface area contributed by atoms with E-state index in [0.717, 1.165) is 36.4 Å². The van der Waals surface area contributed by atoms with E-state index >= 15 is 0 Å². The van der Waals surface area contributed by atoms with Gasteiger partial charge in [-0.1, -0.05) is 6.07 Å². The van der Waals surface area contributed by atoms with Crippen LogP contribution < -0.4 is 29.0 Å². The minimum atomic E-state index is 0.139. The molecule has 0 fully saturated rings. The Morgan fingerprint density at radius 2 is 1.48 bits per heavy atom. The highest BCUT2D eigenvalue weighted by molar-refractivity contribution is 5.57. The second-order valence-electron chi connectivity index (χ2n) is 6.36. The van der Waals surface area contributed by atoms with Gasteiger partial charge in [-0.25, -0.2) is 0 Å². The zero-order chi connectivity index (χ0) is 19.4. The van der Waals surface area contributed by atoms with Gasteiger partial charge in [0, 0.05) is 11.6 Å². The number of nitrogens with one attached hydrogen (secondary N) is 1. The Labute approximate surface area is 160 Å². The van der Waals surface area contributed by atoms with Crippen molar-refractivity contribution in [1.82, 2.24) is 5.32 Å². The van der Waals surface area contributed by atoms with Crippen molar-refractivity contribution in [3.8, 4) is 28.7 Å². The summed E-state index contributed by atoms with van der Waals surface area (Å²) >= 11 is 0. The lowest BCUT2D eigenvalue weighted by molar-refractivity contribution is 0.321. The van der Waals surface area contributed by atoms with Gasteiger partial charge in [0.15, 0.2) is 23.0 Å². The van der Waals surface area contributed by atoms with Crippen molar-refractivity contribution in [2.45, 2.75) is 18.9 Å². The molecule has 0 amide bonds. The standard InChI is InChI=1S/C21H27NO5/c1-23-17-7-6-14(20(26-4)21(17)27-5)10-16-15-12-19(25-3)18(24-2)11-13(15)8-9-22-16/h6-7,11-12,16,22H,8-10H2,1-5H3. The maximum atomic E-state index is 5.64. The van der Waals surface area contributed by atoms with Crippen molar-refractivity contribution in [1.29, 1.82) is 0 Å². The van der Waals surface area contributed by atoms with E-state index in [4.69, 9.17) is 23.7 Å². The first-order valence-corrected chi connectivity index (χ1v) is 8.92. The molecule has 1 heterocycles. The third kappa shape index (κ3) is 3.62. The Bertz CT molecular complexity index is 806. The molecule has 6 nitrogen and oxygen atoms in total. The number of hydrogen-bond acceptors (Lipinski definition) is 6. The molecule has 0 aromatic heterocycles. The monoisotopic (exact) mass is 373 g/mol. The van der Waals surface area contributed by atoms with E-state index in [1.165, 1.54) is 11.1 Å². The third-order valence-corrected chi connectivity index (χ3v) is 5.02. The van der Waals surface area contributed by atoms with Crippen molar-refractivity contribution in [2.75, 3.05) is 42.1 Å². The zero-order valence-electron chi connectivity index (χ0n) is 16.5. The Morgan fingerprint density at radius 3 is 2.11 bits per heavy atom. The minimum absolute atomic E-state index is 0.139. The quantitative estimate of drug-likeness (QED) is 0.805. The summed E-state index contributed by atoms with van der Waals surface area (Å²) in [6, 6.07) is 8.22.